The van der Waals surface area contributed by atoms with Crippen LogP contribution in [0.25, 0.3) is 0 Å². The first-order chi connectivity index (χ1) is 7.90. The Kier molecular flexibility index (Phi) is 4.96. The Bertz CT molecular complexity index is 434. The zero-order chi connectivity index (χ0) is 13.0. The molecule has 0 aliphatic carbocycles. The smallest absolute Gasteiger partial charge is 0.305 e. The third kappa shape index (κ3) is 4.36. The molecule has 0 fully saturated rings. The van der Waals surface area contributed by atoms with Gasteiger partial charge in [0.25, 0.3) is 0 Å². The number of carboxylic acid groups (broad SMARTS) is 1. The molecule has 2 N–H and O–H groups in total. The van der Waals surface area contributed by atoms with Crippen LogP contribution < -0.4 is 5.32 Å². The van der Waals surface area contributed by atoms with E-state index in [0.717, 1.165) is 4.47 Å². The van der Waals surface area contributed by atoms with Gasteiger partial charge in [-0.1, -0.05) is 33.6 Å². The Morgan fingerprint density at radius 1 is 1.53 bits per heavy atom. The summed E-state index contributed by atoms with van der Waals surface area (Å²) in [6, 6.07) is 4.48. The molecule has 1 aromatic rings. The zero-order valence-corrected chi connectivity index (χ0v) is 11.4. The van der Waals surface area contributed by atoms with E-state index in [0.29, 0.717) is 10.6 Å². The molecule has 17 heavy (non-hydrogen) atoms. The number of hydrogen-bond donors (Lipinski definition) is 2. The second-order valence-electron chi connectivity index (χ2n) is 3.52. The van der Waals surface area contributed by atoms with Crippen LogP contribution in [0.2, 0.25) is 5.02 Å². The van der Waals surface area contributed by atoms with Crippen LogP contribution in [0.3, 0.4) is 0 Å². The molecule has 0 heterocycles. The van der Waals surface area contributed by atoms with E-state index < -0.39 is 12.0 Å². The third-order valence-corrected chi connectivity index (χ3v) is 2.91. The number of aliphatic carboxylic acids is 1. The van der Waals surface area contributed by atoms with Gasteiger partial charge in [0.1, 0.15) is 0 Å². The van der Waals surface area contributed by atoms with E-state index in [2.05, 4.69) is 21.2 Å². The van der Waals surface area contributed by atoms with Crippen molar-refractivity contribution in [3.63, 3.8) is 0 Å². The van der Waals surface area contributed by atoms with Crippen LogP contribution in [-0.2, 0) is 9.59 Å². The van der Waals surface area contributed by atoms with Crippen LogP contribution in [0.5, 0.6) is 0 Å². The number of benzene rings is 1. The van der Waals surface area contributed by atoms with Gasteiger partial charge in [-0.3, -0.25) is 9.59 Å². The summed E-state index contributed by atoms with van der Waals surface area (Å²) in [6.45, 7) is 1.33. The van der Waals surface area contributed by atoms with E-state index >= 15 is 0 Å². The monoisotopic (exact) mass is 319 g/mol. The Labute approximate surface area is 112 Å². The summed E-state index contributed by atoms with van der Waals surface area (Å²) >= 11 is 9.28. The van der Waals surface area contributed by atoms with Crippen LogP contribution in [0.15, 0.2) is 22.7 Å². The van der Waals surface area contributed by atoms with Gasteiger partial charge in [0.15, 0.2) is 0 Å². The summed E-state index contributed by atoms with van der Waals surface area (Å²) in [5, 5.41) is 11.8. The molecule has 0 radical (unpaired) electrons. The first-order valence-electron chi connectivity index (χ1n) is 4.84. The second-order valence-corrected chi connectivity index (χ2v) is 4.84. The largest absolute Gasteiger partial charge is 0.481 e. The number of carbonyl (C=O) groups excluding carboxylic acids is 1. The Morgan fingerprint density at radius 3 is 2.65 bits per heavy atom. The van der Waals surface area contributed by atoms with Crippen LogP contribution in [0.1, 0.15) is 24.9 Å². The van der Waals surface area contributed by atoms with Gasteiger partial charge in [0.05, 0.1) is 12.5 Å². The van der Waals surface area contributed by atoms with Gasteiger partial charge in [-0.05, 0) is 17.7 Å². The molecule has 0 saturated heterocycles. The molecule has 0 spiro atoms. The van der Waals surface area contributed by atoms with Crippen molar-refractivity contribution >= 4 is 39.4 Å². The molecule has 0 aliphatic rings. The Hall–Kier alpha value is -1.07. The average Bonchev–Trinajstić information content (AvgIpc) is 2.14. The van der Waals surface area contributed by atoms with Crippen molar-refractivity contribution in [3.05, 3.63) is 33.3 Å². The summed E-state index contributed by atoms with van der Waals surface area (Å²) < 4.78 is 0.795. The van der Waals surface area contributed by atoms with Crippen molar-refractivity contribution in [2.24, 2.45) is 0 Å². The van der Waals surface area contributed by atoms with Gasteiger partial charge in [0.2, 0.25) is 5.91 Å². The fourth-order valence-electron chi connectivity index (χ4n) is 1.44. The molecular weight excluding hydrogens is 309 g/mol. The van der Waals surface area contributed by atoms with Gasteiger partial charge in [-0.2, -0.15) is 0 Å². The molecular formula is C11H11BrClNO3. The molecule has 6 heteroatoms. The fraction of sp³-hybridized carbons (Fsp3) is 0.273. The SMILES string of the molecule is CC(=O)N[C@H](CC(=O)O)c1ccc(Br)cc1Cl. The molecule has 1 aromatic carbocycles. The molecule has 92 valence electrons. The fourth-order valence-corrected chi connectivity index (χ4v) is 2.25. The quantitative estimate of drug-likeness (QED) is 0.896. The van der Waals surface area contributed by atoms with Crippen molar-refractivity contribution in [3.8, 4) is 0 Å². The van der Waals surface area contributed by atoms with Crippen LogP contribution in [-0.4, -0.2) is 17.0 Å². The number of halogens is 2. The van der Waals surface area contributed by atoms with E-state index in [1.807, 2.05) is 0 Å². The van der Waals surface area contributed by atoms with Crippen molar-refractivity contribution in [1.82, 2.24) is 5.32 Å². The molecule has 1 rings (SSSR count). The van der Waals surface area contributed by atoms with E-state index in [4.69, 9.17) is 16.7 Å². The van der Waals surface area contributed by atoms with Crippen LogP contribution in [0, 0.1) is 0 Å². The maximum atomic E-state index is 11.0. The van der Waals surface area contributed by atoms with E-state index in [9.17, 15) is 9.59 Å². The van der Waals surface area contributed by atoms with Gasteiger partial charge in [0, 0.05) is 16.4 Å². The minimum atomic E-state index is -0.997. The number of nitrogens with one attached hydrogen (secondary N) is 1. The van der Waals surface area contributed by atoms with Crippen LogP contribution in [0.4, 0.5) is 0 Å². The minimum absolute atomic E-state index is 0.207. The second kappa shape index (κ2) is 6.02. The molecule has 0 saturated carbocycles. The lowest BCUT2D eigenvalue weighted by Crippen LogP contribution is -2.28. The van der Waals surface area contributed by atoms with Crippen molar-refractivity contribution in [2.75, 3.05) is 0 Å². The average molecular weight is 321 g/mol. The van der Waals surface area contributed by atoms with E-state index in [-0.39, 0.29) is 12.3 Å². The summed E-state index contributed by atoms with van der Waals surface area (Å²) in [4.78, 5) is 21.8. The molecule has 1 amide bonds. The predicted octanol–water partition coefficient (Wildman–Crippen LogP) is 2.75. The number of carbonyl (C=O) groups is 2. The first kappa shape index (κ1) is 14.0. The first-order valence-corrected chi connectivity index (χ1v) is 6.01. The molecule has 0 aliphatic heterocycles. The highest BCUT2D eigenvalue weighted by molar-refractivity contribution is 9.10. The predicted molar refractivity (Wildman–Crippen MR) is 68.0 cm³/mol. The van der Waals surface area contributed by atoms with Gasteiger partial charge < -0.3 is 10.4 Å². The number of hydrogen-bond acceptors (Lipinski definition) is 2. The molecule has 0 bridgehead atoms. The number of rotatable bonds is 4. The topological polar surface area (TPSA) is 66.4 Å². The van der Waals surface area contributed by atoms with Gasteiger partial charge in [-0.25, -0.2) is 0 Å². The summed E-state index contributed by atoms with van der Waals surface area (Å²) in [6.07, 6.45) is -0.207. The lowest BCUT2D eigenvalue weighted by Gasteiger charge is -2.17. The highest BCUT2D eigenvalue weighted by Gasteiger charge is 2.19. The Balaban J connectivity index is 3.02. The molecule has 0 aromatic heterocycles. The highest BCUT2D eigenvalue weighted by Crippen LogP contribution is 2.28. The maximum absolute atomic E-state index is 11.0. The summed E-state index contributed by atoms with van der Waals surface area (Å²) in [7, 11) is 0. The van der Waals surface area contributed by atoms with E-state index in [1.165, 1.54) is 6.92 Å². The zero-order valence-electron chi connectivity index (χ0n) is 9.04. The highest BCUT2D eigenvalue weighted by atomic mass is 79.9. The molecule has 0 unspecified atom stereocenters. The third-order valence-electron chi connectivity index (χ3n) is 2.09. The Morgan fingerprint density at radius 2 is 2.18 bits per heavy atom. The van der Waals surface area contributed by atoms with E-state index in [1.54, 1.807) is 18.2 Å². The lowest BCUT2D eigenvalue weighted by atomic mass is 10.0. The summed E-state index contributed by atoms with van der Waals surface area (Å²) in [5.41, 5.74) is 0.590. The molecule has 1 atom stereocenters. The summed E-state index contributed by atoms with van der Waals surface area (Å²) in [5.74, 6) is -1.29. The van der Waals surface area contributed by atoms with Crippen molar-refractivity contribution in [2.45, 2.75) is 19.4 Å². The normalized spacial score (nSPS) is 11.9. The van der Waals surface area contributed by atoms with Gasteiger partial charge >= 0.3 is 5.97 Å². The van der Waals surface area contributed by atoms with Gasteiger partial charge in [-0.15, -0.1) is 0 Å². The molecule has 4 nitrogen and oxygen atoms in total. The number of amides is 1. The maximum Gasteiger partial charge on any atom is 0.305 e. The lowest BCUT2D eigenvalue weighted by molar-refractivity contribution is -0.137. The number of carboxylic acids is 1. The van der Waals surface area contributed by atoms with Crippen LogP contribution >= 0.6 is 27.5 Å². The van der Waals surface area contributed by atoms with Crippen molar-refractivity contribution < 1.29 is 14.7 Å². The van der Waals surface area contributed by atoms with Crippen molar-refractivity contribution in [1.29, 1.82) is 0 Å². The standard InChI is InChI=1S/C11H11BrClNO3/c1-6(15)14-10(5-11(16)17)8-3-2-7(12)4-9(8)13/h2-4,10H,5H2,1H3,(H,14,15)(H,16,17)/t10-/m1/s1. The minimum Gasteiger partial charge on any atom is -0.481 e.